The van der Waals surface area contributed by atoms with Gasteiger partial charge in [-0.05, 0) is 82.6 Å². The number of benzene rings is 4. The summed E-state index contributed by atoms with van der Waals surface area (Å²) in [6.07, 6.45) is 1.82. The van der Waals surface area contributed by atoms with Crippen LogP contribution in [0.4, 0.5) is 0 Å². The summed E-state index contributed by atoms with van der Waals surface area (Å²) >= 11 is 3.48. The normalized spacial score (nSPS) is 14.5. The first kappa shape index (κ1) is 31.6. The number of hydrogen-bond donors (Lipinski definition) is 0. The van der Waals surface area contributed by atoms with Crippen molar-refractivity contribution in [3.05, 3.63) is 130 Å². The first-order valence-electron chi connectivity index (χ1n) is 14.6. The van der Waals surface area contributed by atoms with Crippen molar-refractivity contribution in [2.75, 3.05) is 20.8 Å². The Balaban J connectivity index is 1.51. The molecular weight excluding hydrogens is 715 g/mol. The summed E-state index contributed by atoms with van der Waals surface area (Å²) in [5.41, 5.74) is 3.01. The molecule has 6 rings (SSSR count). The molecule has 0 radical (unpaired) electrons. The Morgan fingerprint density at radius 3 is 2.48 bits per heavy atom. The van der Waals surface area contributed by atoms with Gasteiger partial charge in [0.2, 0.25) is 0 Å². The number of aromatic nitrogens is 1. The monoisotopic (exact) mass is 746 g/mol. The van der Waals surface area contributed by atoms with Crippen molar-refractivity contribution in [3.8, 4) is 17.2 Å². The first-order chi connectivity index (χ1) is 22.3. The molecule has 234 valence electrons. The molecule has 0 saturated heterocycles. The van der Waals surface area contributed by atoms with Crippen LogP contribution in [-0.4, -0.2) is 31.4 Å². The Labute approximate surface area is 283 Å². The van der Waals surface area contributed by atoms with Crippen LogP contribution >= 0.6 is 33.9 Å². The highest BCUT2D eigenvalue weighted by Gasteiger charge is 2.36. The van der Waals surface area contributed by atoms with Gasteiger partial charge in [-0.2, -0.15) is 0 Å². The van der Waals surface area contributed by atoms with E-state index in [9.17, 15) is 9.59 Å². The Morgan fingerprint density at radius 1 is 1.00 bits per heavy atom. The second kappa shape index (κ2) is 13.5. The molecule has 0 aliphatic carbocycles. The molecule has 0 bridgehead atoms. The highest BCUT2D eigenvalue weighted by atomic mass is 127. The van der Waals surface area contributed by atoms with Gasteiger partial charge >= 0.3 is 5.97 Å². The van der Waals surface area contributed by atoms with Gasteiger partial charge in [0, 0.05) is 5.56 Å². The molecule has 1 atom stereocenters. The van der Waals surface area contributed by atoms with E-state index in [4.69, 9.17) is 23.9 Å². The number of carbonyl (C=O) groups is 1. The third-order valence-electron chi connectivity index (χ3n) is 7.72. The average Bonchev–Trinajstić information content (AvgIpc) is 3.36. The Bertz CT molecular complexity index is 2170. The van der Waals surface area contributed by atoms with Crippen molar-refractivity contribution in [1.29, 1.82) is 0 Å². The zero-order chi connectivity index (χ0) is 32.4. The van der Waals surface area contributed by atoms with E-state index in [2.05, 4.69) is 22.6 Å². The molecule has 1 aliphatic heterocycles. The van der Waals surface area contributed by atoms with E-state index >= 15 is 0 Å². The summed E-state index contributed by atoms with van der Waals surface area (Å²) in [7, 11) is 3.18. The molecule has 2 heterocycles. The maximum atomic E-state index is 14.3. The van der Waals surface area contributed by atoms with E-state index in [0.29, 0.717) is 50.0 Å². The highest BCUT2D eigenvalue weighted by Crippen LogP contribution is 2.40. The van der Waals surface area contributed by atoms with Crippen molar-refractivity contribution >= 4 is 56.7 Å². The number of fused-ring (bicyclic) bond motifs is 2. The zero-order valence-corrected chi connectivity index (χ0v) is 28.7. The number of rotatable bonds is 9. The molecule has 10 heteroatoms. The van der Waals surface area contributed by atoms with E-state index < -0.39 is 12.0 Å². The van der Waals surface area contributed by atoms with Crippen LogP contribution in [0.15, 0.2) is 99.9 Å². The summed E-state index contributed by atoms with van der Waals surface area (Å²) in [5, 5.41) is 1.82. The molecule has 0 amide bonds. The fourth-order valence-electron chi connectivity index (χ4n) is 5.64. The number of carbonyl (C=O) groups excluding carboxylic acids is 1. The van der Waals surface area contributed by atoms with E-state index in [1.807, 2.05) is 84.9 Å². The van der Waals surface area contributed by atoms with Gasteiger partial charge in [0.15, 0.2) is 16.3 Å². The molecule has 0 fully saturated rings. The van der Waals surface area contributed by atoms with Crippen LogP contribution in [0.25, 0.3) is 16.8 Å². The van der Waals surface area contributed by atoms with Crippen LogP contribution in [0.5, 0.6) is 17.2 Å². The summed E-state index contributed by atoms with van der Waals surface area (Å²) in [4.78, 5) is 33.1. The maximum absolute atomic E-state index is 14.3. The maximum Gasteiger partial charge on any atom is 0.338 e. The van der Waals surface area contributed by atoms with Gasteiger partial charge in [0.25, 0.3) is 5.56 Å². The predicted octanol–water partition coefficient (Wildman–Crippen LogP) is 6.15. The van der Waals surface area contributed by atoms with E-state index in [1.54, 1.807) is 32.6 Å². The largest absolute Gasteiger partial charge is 0.496 e. The number of nitrogens with zero attached hydrogens (tertiary/aromatic N) is 2. The Morgan fingerprint density at radius 2 is 1.74 bits per heavy atom. The molecule has 1 unspecified atom stereocenters. The summed E-state index contributed by atoms with van der Waals surface area (Å²) < 4.78 is 26.1. The lowest BCUT2D eigenvalue weighted by Crippen LogP contribution is -2.40. The quantitative estimate of drug-likeness (QED) is 0.133. The first-order valence-corrected chi connectivity index (χ1v) is 16.5. The second-order valence-corrected chi connectivity index (χ2v) is 12.7. The van der Waals surface area contributed by atoms with Gasteiger partial charge in [-0.25, -0.2) is 9.79 Å². The van der Waals surface area contributed by atoms with Crippen LogP contribution in [0.2, 0.25) is 0 Å². The molecule has 8 nitrogen and oxygen atoms in total. The molecule has 0 saturated carbocycles. The minimum Gasteiger partial charge on any atom is -0.496 e. The molecule has 5 aromatic rings. The van der Waals surface area contributed by atoms with Gasteiger partial charge in [-0.1, -0.05) is 72.0 Å². The Kier molecular flexibility index (Phi) is 9.27. The van der Waals surface area contributed by atoms with Crippen LogP contribution in [-0.2, 0) is 16.1 Å². The van der Waals surface area contributed by atoms with Gasteiger partial charge < -0.3 is 18.9 Å². The number of ether oxygens (including phenoxy) is 4. The van der Waals surface area contributed by atoms with Gasteiger partial charge in [-0.3, -0.25) is 9.36 Å². The number of methoxy groups -OCH3 is 2. The van der Waals surface area contributed by atoms with Gasteiger partial charge in [-0.15, -0.1) is 0 Å². The van der Waals surface area contributed by atoms with E-state index in [0.717, 1.165) is 25.5 Å². The van der Waals surface area contributed by atoms with Crippen molar-refractivity contribution in [1.82, 2.24) is 4.57 Å². The zero-order valence-electron chi connectivity index (χ0n) is 25.7. The smallest absolute Gasteiger partial charge is 0.338 e. The third-order valence-corrected chi connectivity index (χ3v) is 9.50. The number of thiazole rings is 1. The summed E-state index contributed by atoms with van der Waals surface area (Å²) in [6, 6.07) is 24.6. The molecule has 0 N–H and O–H groups in total. The van der Waals surface area contributed by atoms with Crippen LogP contribution in [0.1, 0.15) is 36.6 Å². The van der Waals surface area contributed by atoms with E-state index in [1.165, 1.54) is 11.3 Å². The molecule has 4 aromatic carbocycles. The van der Waals surface area contributed by atoms with Crippen LogP contribution < -0.4 is 29.1 Å². The average molecular weight is 747 g/mol. The van der Waals surface area contributed by atoms with Crippen LogP contribution in [0.3, 0.4) is 0 Å². The lowest BCUT2D eigenvalue weighted by Gasteiger charge is -2.27. The van der Waals surface area contributed by atoms with Crippen molar-refractivity contribution in [3.63, 3.8) is 0 Å². The number of allylic oxidation sites excluding steroid dienone is 1. The molecular formula is C36H31IN2O6S. The number of hydrogen-bond acceptors (Lipinski definition) is 8. The number of esters is 1. The minimum absolute atomic E-state index is 0.185. The van der Waals surface area contributed by atoms with E-state index in [-0.39, 0.29) is 12.2 Å². The standard InChI is InChI=1S/C36H31IN2O6S/c1-5-44-35(41)30-21(2)38-36-39(32(30)31-25-14-10-9-13-24(25)15-16-27(31)42-3)34(40)29(46-36)19-23-17-26(37)33(28(18-23)43-4)45-20-22-11-7-6-8-12-22/h6-19,32H,5,20H2,1-4H3/b29-19-. The lowest BCUT2D eigenvalue weighted by atomic mass is 9.90. The second-order valence-electron chi connectivity index (χ2n) is 10.5. The van der Waals surface area contributed by atoms with Gasteiger partial charge in [0.05, 0.1) is 40.2 Å². The Hall–Kier alpha value is -4.42. The molecule has 0 spiro atoms. The van der Waals surface area contributed by atoms with Gasteiger partial charge in [0.1, 0.15) is 18.4 Å². The predicted molar refractivity (Wildman–Crippen MR) is 187 cm³/mol. The third kappa shape index (κ3) is 5.94. The van der Waals surface area contributed by atoms with Crippen molar-refractivity contribution in [2.24, 2.45) is 4.99 Å². The summed E-state index contributed by atoms with van der Waals surface area (Å²) in [5.74, 6) is 1.22. The number of halogens is 1. The molecule has 1 aromatic heterocycles. The topological polar surface area (TPSA) is 88.4 Å². The minimum atomic E-state index is -0.818. The lowest BCUT2D eigenvalue weighted by molar-refractivity contribution is -0.139. The molecule has 46 heavy (non-hydrogen) atoms. The summed E-state index contributed by atoms with van der Waals surface area (Å²) in [6.45, 7) is 4.11. The fourth-order valence-corrected chi connectivity index (χ4v) is 7.47. The fraction of sp³-hybridized carbons (Fsp3) is 0.194. The molecule has 1 aliphatic rings. The van der Waals surface area contributed by atoms with Crippen molar-refractivity contribution in [2.45, 2.75) is 26.5 Å². The van der Waals surface area contributed by atoms with Crippen LogP contribution in [0, 0.1) is 3.57 Å². The van der Waals surface area contributed by atoms with Crippen molar-refractivity contribution < 1.29 is 23.7 Å². The highest BCUT2D eigenvalue weighted by molar-refractivity contribution is 14.1. The SMILES string of the molecule is CCOC(=O)C1=C(C)N=c2s/c(=C\c3cc(I)c(OCc4ccccc4)c(OC)c3)c(=O)n2C1c1c(OC)ccc2ccccc12.